The number of hydrogen-bond acceptors (Lipinski definition) is 4. The minimum Gasteiger partial charge on any atom is -0.394 e. The van der Waals surface area contributed by atoms with Crippen molar-refractivity contribution in [3.05, 3.63) is 22.8 Å². The number of pyridine rings is 1. The van der Waals surface area contributed by atoms with Crippen LogP contribution in [0.25, 0.3) is 0 Å². The Morgan fingerprint density at radius 2 is 2.24 bits per heavy atom. The minimum absolute atomic E-state index is 0.0913. The van der Waals surface area contributed by atoms with Gasteiger partial charge in [-0.1, -0.05) is 11.6 Å². The topological polar surface area (TPSA) is 56.6 Å². The Labute approximate surface area is 106 Å². The van der Waals surface area contributed by atoms with Crippen LogP contribution >= 0.6 is 11.6 Å². The number of piperidine rings is 1. The van der Waals surface area contributed by atoms with Gasteiger partial charge in [0.25, 0.3) is 0 Å². The summed E-state index contributed by atoms with van der Waals surface area (Å²) in [5.74, 6) is 0.789. The van der Waals surface area contributed by atoms with Crippen molar-refractivity contribution >= 4 is 17.4 Å². The van der Waals surface area contributed by atoms with Crippen LogP contribution < -0.4 is 4.90 Å². The monoisotopic (exact) mass is 256 g/mol. The summed E-state index contributed by atoms with van der Waals surface area (Å²) in [6.45, 7) is 0.940. The molecule has 2 N–H and O–H groups in total. The van der Waals surface area contributed by atoms with E-state index >= 15 is 0 Å². The Kier molecular flexibility index (Phi) is 4.20. The molecule has 2 heterocycles. The Bertz CT molecular complexity index is 387. The van der Waals surface area contributed by atoms with Crippen LogP contribution in [0.2, 0.25) is 5.02 Å². The number of nitrogens with zero attached hydrogens (tertiary/aromatic N) is 2. The lowest BCUT2D eigenvalue weighted by molar-refractivity contribution is 0.239. The van der Waals surface area contributed by atoms with Gasteiger partial charge in [0.1, 0.15) is 5.82 Å². The smallest absolute Gasteiger partial charge is 0.129 e. The molecule has 0 aliphatic carbocycles. The Morgan fingerprint density at radius 1 is 1.41 bits per heavy atom. The summed E-state index contributed by atoms with van der Waals surface area (Å²) in [6.07, 6.45) is 4.79. The van der Waals surface area contributed by atoms with Gasteiger partial charge in [-0.05, 0) is 25.3 Å². The first kappa shape index (κ1) is 12.6. The zero-order valence-corrected chi connectivity index (χ0v) is 10.4. The fourth-order valence-electron chi connectivity index (χ4n) is 2.24. The molecule has 1 aromatic heterocycles. The summed E-state index contributed by atoms with van der Waals surface area (Å²) in [5, 5.41) is 19.0. The van der Waals surface area contributed by atoms with E-state index in [0.29, 0.717) is 10.6 Å². The van der Waals surface area contributed by atoms with Gasteiger partial charge in [0.2, 0.25) is 0 Å². The second kappa shape index (κ2) is 5.67. The molecule has 1 saturated heterocycles. The summed E-state index contributed by atoms with van der Waals surface area (Å²) >= 11 is 5.92. The molecule has 0 saturated carbocycles. The lowest BCUT2D eigenvalue weighted by Crippen LogP contribution is -2.42. The molecule has 1 fully saturated rings. The van der Waals surface area contributed by atoms with Crippen molar-refractivity contribution < 1.29 is 10.2 Å². The van der Waals surface area contributed by atoms with E-state index in [-0.39, 0.29) is 19.3 Å². The standard InChI is InChI=1S/C12H17ClN2O2/c13-11-6-14-12(5-9(11)7-16)15-4-2-1-3-10(15)8-17/h5-6,10,16-17H,1-4,7-8H2. The zero-order valence-electron chi connectivity index (χ0n) is 9.64. The van der Waals surface area contributed by atoms with E-state index in [1.807, 2.05) is 0 Å². The van der Waals surface area contributed by atoms with Gasteiger partial charge in [0.15, 0.2) is 0 Å². The van der Waals surface area contributed by atoms with Crippen LogP contribution in [0.15, 0.2) is 12.3 Å². The maximum Gasteiger partial charge on any atom is 0.129 e. The molecule has 0 amide bonds. The molecule has 0 aromatic carbocycles. The number of hydrogen-bond donors (Lipinski definition) is 2. The largest absolute Gasteiger partial charge is 0.394 e. The number of aliphatic hydroxyl groups is 2. The molecular weight excluding hydrogens is 240 g/mol. The summed E-state index contributed by atoms with van der Waals surface area (Å²) < 4.78 is 0. The third-order valence-corrected chi connectivity index (χ3v) is 3.56. The molecule has 1 aromatic rings. The fourth-order valence-corrected chi connectivity index (χ4v) is 2.40. The number of aromatic nitrogens is 1. The van der Waals surface area contributed by atoms with Crippen LogP contribution in [0.1, 0.15) is 24.8 Å². The highest BCUT2D eigenvalue weighted by Gasteiger charge is 2.23. The van der Waals surface area contributed by atoms with Gasteiger partial charge < -0.3 is 15.1 Å². The first-order valence-corrected chi connectivity index (χ1v) is 6.27. The van der Waals surface area contributed by atoms with Crippen LogP contribution in [-0.2, 0) is 6.61 Å². The van der Waals surface area contributed by atoms with Crippen molar-refractivity contribution in [3.63, 3.8) is 0 Å². The SMILES string of the molecule is OCc1cc(N2CCCCC2CO)ncc1Cl. The van der Waals surface area contributed by atoms with E-state index in [4.69, 9.17) is 11.6 Å². The van der Waals surface area contributed by atoms with Crippen LogP contribution in [0.4, 0.5) is 5.82 Å². The van der Waals surface area contributed by atoms with Gasteiger partial charge in [-0.2, -0.15) is 0 Å². The molecule has 1 aliphatic rings. The van der Waals surface area contributed by atoms with E-state index in [9.17, 15) is 10.2 Å². The summed E-state index contributed by atoms with van der Waals surface area (Å²) in [5.41, 5.74) is 0.680. The predicted molar refractivity (Wildman–Crippen MR) is 67.2 cm³/mol. The van der Waals surface area contributed by atoms with E-state index in [0.717, 1.165) is 31.6 Å². The molecule has 0 spiro atoms. The van der Waals surface area contributed by atoms with E-state index in [1.165, 1.54) is 0 Å². The lowest BCUT2D eigenvalue weighted by atomic mass is 10.0. The van der Waals surface area contributed by atoms with Gasteiger partial charge in [-0.15, -0.1) is 0 Å². The van der Waals surface area contributed by atoms with Crippen LogP contribution in [0.5, 0.6) is 0 Å². The van der Waals surface area contributed by atoms with Crippen molar-refractivity contribution in [2.24, 2.45) is 0 Å². The van der Waals surface area contributed by atoms with Crippen LogP contribution in [0, 0.1) is 0 Å². The van der Waals surface area contributed by atoms with Crippen LogP contribution in [0.3, 0.4) is 0 Å². The van der Waals surface area contributed by atoms with Gasteiger partial charge in [-0.25, -0.2) is 4.98 Å². The van der Waals surface area contributed by atoms with E-state index in [1.54, 1.807) is 12.3 Å². The van der Waals surface area contributed by atoms with Gasteiger partial charge >= 0.3 is 0 Å². The second-order valence-corrected chi connectivity index (χ2v) is 4.72. The Balaban J connectivity index is 2.25. The zero-order chi connectivity index (χ0) is 12.3. The molecule has 1 unspecified atom stereocenters. The molecule has 1 atom stereocenters. The van der Waals surface area contributed by atoms with Crippen molar-refractivity contribution in [1.82, 2.24) is 4.98 Å². The van der Waals surface area contributed by atoms with Crippen molar-refractivity contribution in [2.75, 3.05) is 18.1 Å². The number of rotatable bonds is 3. The van der Waals surface area contributed by atoms with Crippen molar-refractivity contribution in [1.29, 1.82) is 0 Å². The first-order chi connectivity index (χ1) is 8.26. The number of aliphatic hydroxyl groups excluding tert-OH is 2. The first-order valence-electron chi connectivity index (χ1n) is 5.89. The quantitative estimate of drug-likeness (QED) is 0.862. The highest BCUT2D eigenvalue weighted by Crippen LogP contribution is 2.26. The predicted octanol–water partition coefficient (Wildman–Crippen LogP) is 1.58. The minimum atomic E-state index is -0.0913. The van der Waals surface area contributed by atoms with E-state index in [2.05, 4.69) is 9.88 Å². The summed E-state index contributed by atoms with van der Waals surface area (Å²) in [6, 6.07) is 1.93. The number of anilines is 1. The third-order valence-electron chi connectivity index (χ3n) is 3.22. The average Bonchev–Trinajstić information content (AvgIpc) is 2.39. The average molecular weight is 257 g/mol. The van der Waals surface area contributed by atoms with Crippen molar-refractivity contribution in [2.45, 2.75) is 31.9 Å². The Morgan fingerprint density at radius 3 is 2.94 bits per heavy atom. The third kappa shape index (κ3) is 2.70. The van der Waals surface area contributed by atoms with Gasteiger partial charge in [-0.3, -0.25) is 0 Å². The van der Waals surface area contributed by atoms with E-state index < -0.39 is 0 Å². The molecule has 0 bridgehead atoms. The maximum atomic E-state index is 9.36. The summed E-state index contributed by atoms with van der Waals surface area (Å²) in [4.78, 5) is 6.38. The highest BCUT2D eigenvalue weighted by molar-refractivity contribution is 6.31. The fraction of sp³-hybridized carbons (Fsp3) is 0.583. The second-order valence-electron chi connectivity index (χ2n) is 4.32. The molecule has 4 nitrogen and oxygen atoms in total. The molecule has 0 radical (unpaired) electrons. The molecule has 1 aliphatic heterocycles. The number of halogens is 1. The molecular formula is C12H17ClN2O2. The summed E-state index contributed by atoms with van der Waals surface area (Å²) in [7, 11) is 0. The van der Waals surface area contributed by atoms with Gasteiger partial charge in [0, 0.05) is 18.3 Å². The molecule has 17 heavy (non-hydrogen) atoms. The normalized spacial score (nSPS) is 20.6. The van der Waals surface area contributed by atoms with Gasteiger partial charge in [0.05, 0.1) is 24.3 Å². The lowest BCUT2D eigenvalue weighted by Gasteiger charge is -2.35. The maximum absolute atomic E-state index is 9.36. The van der Waals surface area contributed by atoms with Crippen molar-refractivity contribution in [3.8, 4) is 0 Å². The molecule has 5 heteroatoms. The molecule has 2 rings (SSSR count). The van der Waals surface area contributed by atoms with Crippen LogP contribution in [-0.4, -0.2) is 34.4 Å². The Hall–Kier alpha value is -0.840. The highest BCUT2D eigenvalue weighted by atomic mass is 35.5. The molecule has 94 valence electrons.